The van der Waals surface area contributed by atoms with Crippen LogP contribution >= 0.6 is 0 Å². The van der Waals surface area contributed by atoms with E-state index in [-0.39, 0.29) is 11.5 Å². The van der Waals surface area contributed by atoms with Crippen LogP contribution in [0, 0.1) is 5.82 Å². The Morgan fingerprint density at radius 2 is 2.12 bits per heavy atom. The van der Waals surface area contributed by atoms with Gasteiger partial charge in [0.05, 0.1) is 25.1 Å². The molecule has 6 nitrogen and oxygen atoms in total. The van der Waals surface area contributed by atoms with Gasteiger partial charge in [0.25, 0.3) is 5.91 Å². The standard InChI is InChI=1S/C17H17FN4O2/c18-14-11-13(4-5-16(14)22-7-9-24-10-8-22)12-20-21-17(23)15-3-1-2-6-19-15/h1-6,11-12H,7-10H2,(H,21,23)/b20-12-. The van der Waals surface area contributed by atoms with Gasteiger partial charge in [-0.2, -0.15) is 5.10 Å². The fraction of sp³-hybridized carbons (Fsp3) is 0.235. The van der Waals surface area contributed by atoms with Crippen molar-refractivity contribution in [1.82, 2.24) is 10.4 Å². The summed E-state index contributed by atoms with van der Waals surface area (Å²) in [6, 6.07) is 9.87. The summed E-state index contributed by atoms with van der Waals surface area (Å²) in [5.41, 5.74) is 3.74. The highest BCUT2D eigenvalue weighted by molar-refractivity contribution is 5.93. The molecular weight excluding hydrogens is 311 g/mol. The Balaban J connectivity index is 1.63. The van der Waals surface area contributed by atoms with E-state index < -0.39 is 5.91 Å². The molecule has 1 amide bonds. The molecule has 7 heteroatoms. The molecule has 1 aliphatic heterocycles. The predicted molar refractivity (Wildman–Crippen MR) is 88.7 cm³/mol. The summed E-state index contributed by atoms with van der Waals surface area (Å²) in [4.78, 5) is 17.6. The Hall–Kier alpha value is -2.80. The third kappa shape index (κ3) is 3.94. The lowest BCUT2D eigenvalue weighted by atomic mass is 10.2. The number of ether oxygens (including phenoxy) is 1. The first-order valence-corrected chi connectivity index (χ1v) is 7.61. The third-order valence-corrected chi connectivity index (χ3v) is 3.60. The van der Waals surface area contributed by atoms with Gasteiger partial charge < -0.3 is 9.64 Å². The molecule has 3 rings (SSSR count). The lowest BCUT2D eigenvalue weighted by molar-refractivity contribution is 0.0950. The SMILES string of the molecule is O=C(N/N=C\c1ccc(N2CCOCC2)c(F)c1)c1ccccn1. The number of nitrogens with zero attached hydrogens (tertiary/aromatic N) is 3. The maximum Gasteiger partial charge on any atom is 0.289 e. The summed E-state index contributed by atoms with van der Waals surface area (Å²) in [6.45, 7) is 2.54. The molecule has 1 saturated heterocycles. The van der Waals surface area contributed by atoms with Crippen LogP contribution in [0.15, 0.2) is 47.7 Å². The Morgan fingerprint density at radius 1 is 1.29 bits per heavy atom. The van der Waals surface area contributed by atoms with Crippen LogP contribution in [0.5, 0.6) is 0 Å². The minimum Gasteiger partial charge on any atom is -0.378 e. The number of nitrogens with one attached hydrogen (secondary N) is 1. The van der Waals surface area contributed by atoms with Gasteiger partial charge in [0, 0.05) is 19.3 Å². The van der Waals surface area contributed by atoms with Crippen LogP contribution in [0.2, 0.25) is 0 Å². The first-order chi connectivity index (χ1) is 11.7. The number of morpholine rings is 1. The normalized spacial score (nSPS) is 14.8. The zero-order chi connectivity index (χ0) is 16.8. The van der Waals surface area contributed by atoms with Crippen molar-refractivity contribution in [3.8, 4) is 0 Å². The molecule has 0 unspecified atom stereocenters. The van der Waals surface area contributed by atoms with Crippen molar-refractivity contribution in [3.05, 3.63) is 59.7 Å². The number of anilines is 1. The van der Waals surface area contributed by atoms with Crippen molar-refractivity contribution < 1.29 is 13.9 Å². The number of halogens is 1. The zero-order valence-electron chi connectivity index (χ0n) is 13.0. The molecule has 0 radical (unpaired) electrons. The van der Waals surface area contributed by atoms with Gasteiger partial charge in [0.1, 0.15) is 11.5 Å². The molecule has 1 fully saturated rings. The van der Waals surface area contributed by atoms with Gasteiger partial charge in [0.2, 0.25) is 0 Å². The molecule has 0 spiro atoms. The quantitative estimate of drug-likeness (QED) is 0.687. The number of carbonyl (C=O) groups excluding carboxylic acids is 1. The first-order valence-electron chi connectivity index (χ1n) is 7.61. The van der Waals surface area contributed by atoms with Crippen LogP contribution in [0.4, 0.5) is 10.1 Å². The molecule has 1 aliphatic rings. The number of aromatic nitrogens is 1. The van der Waals surface area contributed by atoms with Crippen molar-refractivity contribution in [2.45, 2.75) is 0 Å². The van der Waals surface area contributed by atoms with Crippen molar-refractivity contribution >= 4 is 17.8 Å². The van der Waals surface area contributed by atoms with Crippen molar-refractivity contribution in [1.29, 1.82) is 0 Å². The monoisotopic (exact) mass is 328 g/mol. The Labute approximate surface area is 139 Å². The number of hydrogen-bond acceptors (Lipinski definition) is 5. The largest absolute Gasteiger partial charge is 0.378 e. The van der Waals surface area contributed by atoms with Gasteiger partial charge >= 0.3 is 0 Å². The van der Waals surface area contributed by atoms with Crippen LogP contribution in [0.1, 0.15) is 16.1 Å². The molecule has 0 aliphatic carbocycles. The van der Waals surface area contributed by atoms with E-state index in [1.165, 1.54) is 18.5 Å². The molecule has 0 bridgehead atoms. The lowest BCUT2D eigenvalue weighted by Crippen LogP contribution is -2.36. The average Bonchev–Trinajstić information content (AvgIpc) is 2.63. The highest BCUT2D eigenvalue weighted by Crippen LogP contribution is 2.21. The van der Waals surface area contributed by atoms with E-state index in [1.54, 1.807) is 30.3 Å². The molecular formula is C17H17FN4O2. The summed E-state index contributed by atoms with van der Waals surface area (Å²) in [7, 11) is 0. The number of hydrogen-bond donors (Lipinski definition) is 1. The van der Waals surface area contributed by atoms with Crippen LogP contribution in [-0.2, 0) is 4.74 Å². The second-order valence-electron chi connectivity index (χ2n) is 5.22. The Bertz CT molecular complexity index is 731. The van der Waals surface area contributed by atoms with Gasteiger partial charge in [-0.1, -0.05) is 12.1 Å². The highest BCUT2D eigenvalue weighted by atomic mass is 19.1. The minimum absolute atomic E-state index is 0.267. The maximum absolute atomic E-state index is 14.2. The van der Waals surface area contributed by atoms with Crippen molar-refractivity contribution in [3.63, 3.8) is 0 Å². The molecule has 0 saturated carbocycles. The summed E-state index contributed by atoms with van der Waals surface area (Å²) < 4.78 is 19.5. The van der Waals surface area contributed by atoms with Gasteiger partial charge in [-0.25, -0.2) is 9.82 Å². The van der Waals surface area contributed by atoms with Crippen LogP contribution < -0.4 is 10.3 Å². The van der Waals surface area contributed by atoms with Crippen molar-refractivity contribution in [2.75, 3.05) is 31.2 Å². The summed E-state index contributed by atoms with van der Waals surface area (Å²) in [6.07, 6.45) is 2.92. The molecule has 1 N–H and O–H groups in total. The second-order valence-corrected chi connectivity index (χ2v) is 5.22. The van der Waals surface area contributed by atoms with E-state index in [1.807, 2.05) is 4.90 Å². The van der Waals surface area contributed by atoms with Crippen molar-refractivity contribution in [2.24, 2.45) is 5.10 Å². The number of hydrazone groups is 1. The fourth-order valence-corrected chi connectivity index (χ4v) is 2.38. The molecule has 124 valence electrons. The molecule has 2 heterocycles. The van der Waals surface area contributed by atoms with E-state index in [0.29, 0.717) is 37.6 Å². The third-order valence-electron chi connectivity index (χ3n) is 3.60. The number of amides is 1. The molecule has 0 atom stereocenters. The number of carbonyl (C=O) groups is 1. The van der Waals surface area contributed by atoms with Gasteiger partial charge in [-0.15, -0.1) is 0 Å². The van der Waals surface area contributed by atoms with Gasteiger partial charge in [-0.05, 0) is 29.8 Å². The highest BCUT2D eigenvalue weighted by Gasteiger charge is 2.15. The van der Waals surface area contributed by atoms with E-state index in [2.05, 4.69) is 15.5 Å². The molecule has 1 aromatic heterocycles. The second kappa shape index (κ2) is 7.65. The predicted octanol–water partition coefficient (Wildman–Crippen LogP) is 1.82. The zero-order valence-corrected chi connectivity index (χ0v) is 13.0. The molecule has 1 aromatic carbocycles. The number of benzene rings is 1. The average molecular weight is 328 g/mol. The number of pyridine rings is 1. The minimum atomic E-state index is -0.419. The van der Waals surface area contributed by atoms with Gasteiger partial charge in [-0.3, -0.25) is 9.78 Å². The topological polar surface area (TPSA) is 66.8 Å². The van der Waals surface area contributed by atoms with Crippen LogP contribution in [0.25, 0.3) is 0 Å². The Kier molecular flexibility index (Phi) is 5.12. The lowest BCUT2D eigenvalue weighted by Gasteiger charge is -2.29. The Morgan fingerprint density at radius 3 is 2.83 bits per heavy atom. The summed E-state index contributed by atoms with van der Waals surface area (Å²) >= 11 is 0. The van der Waals surface area contributed by atoms with Crippen LogP contribution in [0.3, 0.4) is 0 Å². The van der Waals surface area contributed by atoms with Crippen LogP contribution in [-0.4, -0.2) is 43.4 Å². The summed E-state index contributed by atoms with van der Waals surface area (Å²) in [5, 5.41) is 3.84. The van der Waals surface area contributed by atoms with E-state index in [4.69, 9.17) is 4.74 Å². The fourth-order valence-electron chi connectivity index (χ4n) is 2.38. The molecule has 2 aromatic rings. The number of rotatable bonds is 4. The smallest absolute Gasteiger partial charge is 0.289 e. The molecule has 24 heavy (non-hydrogen) atoms. The van der Waals surface area contributed by atoms with E-state index in [9.17, 15) is 9.18 Å². The summed E-state index contributed by atoms with van der Waals surface area (Å²) in [5.74, 6) is -0.742. The maximum atomic E-state index is 14.2. The van der Waals surface area contributed by atoms with E-state index >= 15 is 0 Å². The first kappa shape index (κ1) is 16.1. The van der Waals surface area contributed by atoms with E-state index in [0.717, 1.165) is 0 Å². The van der Waals surface area contributed by atoms with Gasteiger partial charge in [0.15, 0.2) is 0 Å².